The van der Waals surface area contributed by atoms with Gasteiger partial charge >= 0.3 is 11.9 Å². The van der Waals surface area contributed by atoms with E-state index in [0.717, 1.165) is 16.7 Å². The molecule has 0 saturated heterocycles. The van der Waals surface area contributed by atoms with Gasteiger partial charge in [0.05, 0.1) is 22.8 Å². The highest BCUT2D eigenvalue weighted by Gasteiger charge is 2.37. The number of tetrazole rings is 1. The van der Waals surface area contributed by atoms with Crippen LogP contribution in [0.1, 0.15) is 64.3 Å². The van der Waals surface area contributed by atoms with Crippen LogP contribution in [-0.4, -0.2) is 109 Å². The molecular weight excluding hydrogens is 773 g/mol. The minimum absolute atomic E-state index is 0.0393. The van der Waals surface area contributed by atoms with Crippen molar-refractivity contribution in [1.82, 2.24) is 35.3 Å². The van der Waals surface area contributed by atoms with Gasteiger partial charge in [0.1, 0.15) is 18.4 Å². The molecule has 6 rings (SSSR count). The second kappa shape index (κ2) is 18.8. The second-order valence-corrected chi connectivity index (χ2v) is 14.2. The minimum atomic E-state index is -1.12. The predicted molar refractivity (Wildman–Crippen MR) is 211 cm³/mol. The lowest BCUT2D eigenvalue weighted by Crippen LogP contribution is -2.45. The first-order valence-electron chi connectivity index (χ1n) is 18.5. The van der Waals surface area contributed by atoms with Crippen LogP contribution >= 0.6 is 11.6 Å². The molecule has 3 aromatic carbocycles. The normalized spacial score (nSPS) is 16.0. The summed E-state index contributed by atoms with van der Waals surface area (Å²) in [5, 5.41) is 34.8. The Morgan fingerprint density at radius 2 is 1.81 bits per heavy atom. The van der Waals surface area contributed by atoms with Crippen molar-refractivity contribution in [3.63, 3.8) is 0 Å². The fraction of sp³-hybridized carbons (Fsp3) is 0.300. The Kier molecular flexibility index (Phi) is 13.4. The molecule has 16 nitrogen and oxygen atoms in total. The van der Waals surface area contributed by atoms with E-state index in [1.165, 1.54) is 64.5 Å². The zero-order valence-electron chi connectivity index (χ0n) is 31.2. The summed E-state index contributed by atoms with van der Waals surface area (Å²) < 4.78 is 16.6. The van der Waals surface area contributed by atoms with E-state index in [4.69, 9.17) is 22.4 Å². The maximum atomic E-state index is 15.4. The highest BCUT2D eigenvalue weighted by atomic mass is 35.5. The number of carbonyl (C=O) groups is 5. The summed E-state index contributed by atoms with van der Waals surface area (Å²) in [6.07, 6.45) is 8.34. The average molecular weight is 814 g/mol. The number of halogens is 2. The van der Waals surface area contributed by atoms with E-state index in [9.17, 15) is 29.1 Å². The Balaban J connectivity index is 1.21. The van der Waals surface area contributed by atoms with Gasteiger partial charge in [-0.15, -0.1) is 5.10 Å². The SMILES string of the molecule is N[C@@H](CCCCNC(=O)CN1CC=C(c2cccc3c2CCN(C(=O)/C=C/c2c(-n4cnnn4)ccc(Cl)c2F)C3C(=O)Nc2ccc(C(=O)O)cc2)CC1)C(=O)O. The van der Waals surface area contributed by atoms with Gasteiger partial charge in [-0.2, -0.15) is 4.68 Å². The Bertz CT molecular complexity index is 2250. The monoisotopic (exact) mass is 813 g/mol. The molecule has 2 aliphatic heterocycles. The first kappa shape index (κ1) is 41.3. The molecule has 0 fully saturated rings. The van der Waals surface area contributed by atoms with Gasteiger partial charge in [-0.3, -0.25) is 24.1 Å². The molecule has 0 bridgehead atoms. The Labute approximate surface area is 337 Å². The van der Waals surface area contributed by atoms with Crippen molar-refractivity contribution in [2.45, 2.75) is 44.2 Å². The topological polar surface area (TPSA) is 226 Å². The van der Waals surface area contributed by atoms with E-state index in [2.05, 4.69) is 32.2 Å². The smallest absolute Gasteiger partial charge is 0.335 e. The summed E-state index contributed by atoms with van der Waals surface area (Å²) >= 11 is 6.10. The van der Waals surface area contributed by atoms with Crippen molar-refractivity contribution >= 4 is 58.6 Å². The Hall–Kier alpha value is -6.30. The number of aromatic nitrogens is 4. The summed E-state index contributed by atoms with van der Waals surface area (Å²) in [5.41, 5.74) is 9.55. The maximum absolute atomic E-state index is 15.4. The standard InChI is InChI=1S/C40H41ClFN9O7/c41-31-12-13-33(51-23-45-47-48-51)30(36(31)42)11-14-35(53)50-21-17-28-27(4-3-5-29(28)37(50)38(54)46-26-9-7-25(8-10-26)39(55)56)24-15-19-49(20-16-24)22-34(52)44-18-2-1-6-32(43)40(57)58/h3-5,7-15,23,32,37H,1-2,6,16-22,43H2,(H,44,52)(H,46,54)(H,55,56)(H,57,58)/b14-11+/t32-,37?/m0/s1. The number of nitrogens with two attached hydrogens (primary N) is 1. The van der Waals surface area contributed by atoms with Gasteiger partial charge in [0.2, 0.25) is 11.8 Å². The van der Waals surface area contributed by atoms with Crippen molar-refractivity contribution in [2.75, 3.05) is 38.0 Å². The quantitative estimate of drug-likeness (QED) is 0.0856. The van der Waals surface area contributed by atoms with Crippen molar-refractivity contribution < 1.29 is 38.6 Å². The van der Waals surface area contributed by atoms with E-state index in [-0.39, 0.29) is 40.8 Å². The molecule has 0 radical (unpaired) electrons. The minimum Gasteiger partial charge on any atom is -0.480 e. The third-order valence-electron chi connectivity index (χ3n) is 10.0. The molecule has 0 spiro atoms. The fourth-order valence-electron chi connectivity index (χ4n) is 7.03. The third-order valence-corrected chi connectivity index (χ3v) is 10.3. The number of aliphatic carboxylic acids is 1. The molecule has 6 N–H and O–H groups in total. The van der Waals surface area contributed by atoms with Gasteiger partial charge in [-0.1, -0.05) is 35.9 Å². The Morgan fingerprint density at radius 1 is 1.02 bits per heavy atom. The summed E-state index contributed by atoms with van der Waals surface area (Å²) in [6.45, 7) is 1.88. The van der Waals surface area contributed by atoms with Crippen LogP contribution in [0, 0.1) is 5.82 Å². The zero-order valence-corrected chi connectivity index (χ0v) is 31.9. The third kappa shape index (κ3) is 9.79. The van der Waals surface area contributed by atoms with Gasteiger partial charge in [0.25, 0.3) is 5.91 Å². The number of rotatable bonds is 15. The average Bonchev–Trinajstić information content (AvgIpc) is 3.76. The number of carboxylic acids is 2. The van der Waals surface area contributed by atoms with Crippen LogP contribution in [0.2, 0.25) is 5.02 Å². The molecule has 2 atom stereocenters. The first-order chi connectivity index (χ1) is 27.9. The van der Waals surface area contributed by atoms with Crippen LogP contribution in [0.15, 0.2) is 73.1 Å². The van der Waals surface area contributed by atoms with Crippen LogP contribution in [0.5, 0.6) is 0 Å². The molecule has 1 unspecified atom stereocenters. The van der Waals surface area contributed by atoms with Crippen LogP contribution in [-0.2, 0) is 25.6 Å². The molecule has 302 valence electrons. The van der Waals surface area contributed by atoms with Crippen molar-refractivity contribution in [2.24, 2.45) is 5.73 Å². The predicted octanol–water partition coefficient (Wildman–Crippen LogP) is 3.72. The number of benzene rings is 3. The molecule has 0 aliphatic carbocycles. The number of hydrogen-bond acceptors (Lipinski definition) is 10. The zero-order chi connectivity index (χ0) is 41.3. The van der Waals surface area contributed by atoms with Crippen LogP contribution < -0.4 is 16.4 Å². The molecule has 3 heterocycles. The molecule has 18 heteroatoms. The summed E-state index contributed by atoms with van der Waals surface area (Å²) in [6, 6.07) is 12.1. The number of aromatic carboxylic acids is 1. The van der Waals surface area contributed by atoms with E-state index in [1.807, 2.05) is 17.0 Å². The molecule has 3 amide bonds. The number of nitrogens with one attached hydrogen (secondary N) is 2. The van der Waals surface area contributed by atoms with Crippen LogP contribution in [0.4, 0.5) is 10.1 Å². The number of hydrogen-bond donors (Lipinski definition) is 5. The largest absolute Gasteiger partial charge is 0.480 e. The highest BCUT2D eigenvalue weighted by molar-refractivity contribution is 6.31. The highest BCUT2D eigenvalue weighted by Crippen LogP contribution is 2.37. The Morgan fingerprint density at radius 3 is 2.50 bits per heavy atom. The van der Waals surface area contributed by atoms with Crippen molar-refractivity contribution in [1.29, 1.82) is 0 Å². The van der Waals surface area contributed by atoms with Gasteiger partial charge in [-0.05, 0) is 107 Å². The lowest BCUT2D eigenvalue weighted by molar-refractivity contribution is -0.138. The molecule has 4 aromatic rings. The lowest BCUT2D eigenvalue weighted by atomic mass is 9.84. The number of fused-ring (bicyclic) bond motifs is 1. The lowest BCUT2D eigenvalue weighted by Gasteiger charge is -2.37. The van der Waals surface area contributed by atoms with Gasteiger partial charge in [0, 0.05) is 43.5 Å². The fourth-order valence-corrected chi connectivity index (χ4v) is 7.20. The number of unbranched alkanes of at least 4 members (excludes halogenated alkanes) is 1. The number of carboxylic acid groups (broad SMARTS) is 2. The van der Waals surface area contributed by atoms with E-state index >= 15 is 4.39 Å². The van der Waals surface area contributed by atoms with Crippen LogP contribution in [0.3, 0.4) is 0 Å². The number of anilines is 1. The van der Waals surface area contributed by atoms with Crippen molar-refractivity contribution in [3.05, 3.63) is 112 Å². The second-order valence-electron chi connectivity index (χ2n) is 13.8. The summed E-state index contributed by atoms with van der Waals surface area (Å²) in [4.78, 5) is 66.6. The number of amides is 3. The maximum Gasteiger partial charge on any atom is 0.335 e. The molecular formula is C40H41ClFN9O7. The number of nitrogens with zero attached hydrogens (tertiary/aromatic N) is 6. The van der Waals surface area contributed by atoms with Gasteiger partial charge < -0.3 is 31.5 Å². The van der Waals surface area contributed by atoms with Gasteiger partial charge in [-0.25, -0.2) is 9.18 Å². The molecule has 2 aliphatic rings. The van der Waals surface area contributed by atoms with E-state index in [0.29, 0.717) is 63.0 Å². The molecule has 1 aromatic heterocycles. The summed E-state index contributed by atoms with van der Waals surface area (Å²) in [5.74, 6) is -4.20. The van der Waals surface area contributed by atoms with Gasteiger partial charge in [0.15, 0.2) is 5.82 Å². The van der Waals surface area contributed by atoms with Crippen LogP contribution in [0.25, 0.3) is 17.3 Å². The van der Waals surface area contributed by atoms with Crippen molar-refractivity contribution in [3.8, 4) is 5.69 Å². The van der Waals surface area contributed by atoms with E-state index < -0.39 is 41.7 Å². The molecule has 0 saturated carbocycles. The number of carbonyl (C=O) groups excluding carboxylic acids is 3. The summed E-state index contributed by atoms with van der Waals surface area (Å²) in [7, 11) is 0. The van der Waals surface area contributed by atoms with E-state index in [1.54, 1.807) is 6.07 Å². The molecule has 58 heavy (non-hydrogen) atoms. The first-order valence-corrected chi connectivity index (χ1v) is 18.9.